The Labute approximate surface area is 40.6 Å². The molecule has 0 radical (unpaired) electrons. The summed E-state index contributed by atoms with van der Waals surface area (Å²) in [6.45, 7) is 1.49. The molecule has 5 heteroatoms. The smallest absolute Gasteiger partial charge is 0.159 e. The predicted molar refractivity (Wildman–Crippen MR) is 23.8 cm³/mol. The van der Waals surface area contributed by atoms with Crippen molar-refractivity contribution in [3.8, 4) is 0 Å². The van der Waals surface area contributed by atoms with Gasteiger partial charge < -0.3 is 5.73 Å². The summed E-state index contributed by atoms with van der Waals surface area (Å²) in [6, 6.07) is 0. The predicted octanol–water partition coefficient (Wildman–Crippen LogP) is -0.928. The maximum Gasteiger partial charge on any atom is 0.159 e. The van der Waals surface area contributed by atoms with Gasteiger partial charge in [0.05, 0.1) is 0 Å². The first-order valence-electron chi connectivity index (χ1n) is 1.79. The minimum absolute atomic E-state index is 0.574. The molecule has 0 aliphatic carbocycles. The second kappa shape index (κ2) is 2.35. The van der Waals surface area contributed by atoms with Gasteiger partial charge in [-0.05, 0) is 6.92 Å². The van der Waals surface area contributed by atoms with E-state index in [1.165, 1.54) is 6.92 Å². The van der Waals surface area contributed by atoms with Crippen molar-refractivity contribution >= 4 is 0 Å². The number of nitrogens with one attached hydrogen (secondary N) is 1. The minimum atomic E-state index is -0.676. The van der Waals surface area contributed by atoms with E-state index < -0.39 is 11.2 Å². The monoisotopic (exact) mass is 105 g/mol. The average Bonchev–Trinajstić information content (AvgIpc) is 1.27. The zero-order valence-corrected chi connectivity index (χ0v) is 3.92. The SMILES string of the molecule is CC(N)N[N+](=O)[O-]. The lowest BCUT2D eigenvalue weighted by Gasteiger charge is -1.96. The molecular weight excluding hydrogens is 98.0 g/mol. The average molecular weight is 105 g/mol. The zero-order chi connectivity index (χ0) is 5.86. The van der Waals surface area contributed by atoms with Crippen LogP contribution in [0.15, 0.2) is 0 Å². The summed E-state index contributed by atoms with van der Waals surface area (Å²) in [5.41, 5.74) is 6.75. The number of nitrogens with two attached hydrogens (primary N) is 1. The van der Waals surface area contributed by atoms with E-state index in [4.69, 9.17) is 5.73 Å². The van der Waals surface area contributed by atoms with Gasteiger partial charge in [0.2, 0.25) is 0 Å². The summed E-state index contributed by atoms with van der Waals surface area (Å²) in [5.74, 6) is 0. The van der Waals surface area contributed by atoms with Crippen LogP contribution in [-0.4, -0.2) is 11.2 Å². The topological polar surface area (TPSA) is 81.2 Å². The van der Waals surface area contributed by atoms with Crippen molar-refractivity contribution in [2.75, 3.05) is 0 Å². The molecule has 0 aromatic heterocycles. The number of nitro groups is 1. The highest BCUT2D eigenvalue weighted by atomic mass is 16.7. The van der Waals surface area contributed by atoms with Crippen LogP contribution in [0.3, 0.4) is 0 Å². The van der Waals surface area contributed by atoms with Gasteiger partial charge in [-0.1, -0.05) is 0 Å². The van der Waals surface area contributed by atoms with Gasteiger partial charge in [-0.2, -0.15) is 0 Å². The number of hydrogen-bond donors (Lipinski definition) is 2. The molecule has 0 heterocycles. The normalized spacial score (nSPS) is 12.9. The zero-order valence-electron chi connectivity index (χ0n) is 3.92. The summed E-state index contributed by atoms with van der Waals surface area (Å²) in [6.07, 6.45) is -0.574. The summed E-state index contributed by atoms with van der Waals surface area (Å²) in [4.78, 5) is 9.42. The fraction of sp³-hybridized carbons (Fsp3) is 1.00. The Hall–Kier alpha value is -0.840. The second-order valence-corrected chi connectivity index (χ2v) is 1.17. The molecule has 7 heavy (non-hydrogen) atoms. The first-order valence-corrected chi connectivity index (χ1v) is 1.79. The molecular formula is C2H7N3O2. The van der Waals surface area contributed by atoms with Gasteiger partial charge in [-0.25, -0.2) is 10.1 Å². The first-order chi connectivity index (χ1) is 3.13. The van der Waals surface area contributed by atoms with Crippen LogP contribution in [0, 0.1) is 10.1 Å². The first kappa shape index (κ1) is 6.16. The van der Waals surface area contributed by atoms with Crippen molar-refractivity contribution in [1.82, 2.24) is 5.43 Å². The Morgan fingerprint density at radius 2 is 2.43 bits per heavy atom. The summed E-state index contributed by atoms with van der Waals surface area (Å²) >= 11 is 0. The molecule has 0 aromatic carbocycles. The molecule has 0 amide bonds. The molecule has 1 unspecified atom stereocenters. The van der Waals surface area contributed by atoms with E-state index in [0.29, 0.717) is 0 Å². The van der Waals surface area contributed by atoms with E-state index in [9.17, 15) is 10.1 Å². The molecule has 0 aliphatic rings. The third-order valence-corrected chi connectivity index (χ3v) is 0.309. The van der Waals surface area contributed by atoms with Gasteiger partial charge >= 0.3 is 0 Å². The highest BCUT2D eigenvalue weighted by Gasteiger charge is 1.95. The number of hydrazine groups is 1. The minimum Gasteiger partial charge on any atom is -0.307 e. The van der Waals surface area contributed by atoms with E-state index in [0.717, 1.165) is 0 Å². The van der Waals surface area contributed by atoms with E-state index >= 15 is 0 Å². The van der Waals surface area contributed by atoms with Gasteiger partial charge in [-0.3, -0.25) is 0 Å². The molecule has 5 nitrogen and oxygen atoms in total. The van der Waals surface area contributed by atoms with Crippen LogP contribution in [0.2, 0.25) is 0 Å². The van der Waals surface area contributed by atoms with Crippen LogP contribution >= 0.6 is 0 Å². The Bertz CT molecular complexity index is 71.3. The number of hydrogen-bond acceptors (Lipinski definition) is 3. The van der Waals surface area contributed by atoms with Gasteiger partial charge in [0.1, 0.15) is 6.17 Å². The van der Waals surface area contributed by atoms with Crippen molar-refractivity contribution in [3.63, 3.8) is 0 Å². The molecule has 3 N–H and O–H groups in total. The van der Waals surface area contributed by atoms with E-state index in [-0.39, 0.29) is 0 Å². The Morgan fingerprint density at radius 1 is 2.00 bits per heavy atom. The van der Waals surface area contributed by atoms with Crippen LogP contribution < -0.4 is 11.2 Å². The second-order valence-electron chi connectivity index (χ2n) is 1.17. The van der Waals surface area contributed by atoms with Crippen LogP contribution in [0.1, 0.15) is 6.92 Å². The summed E-state index contributed by atoms with van der Waals surface area (Å²) < 4.78 is 0. The quantitative estimate of drug-likeness (QED) is 0.270. The Kier molecular flexibility index (Phi) is 2.07. The van der Waals surface area contributed by atoms with Crippen molar-refractivity contribution in [2.45, 2.75) is 13.1 Å². The maximum atomic E-state index is 9.42. The third-order valence-electron chi connectivity index (χ3n) is 0.309. The molecule has 0 aliphatic heterocycles. The highest BCUT2D eigenvalue weighted by Crippen LogP contribution is 1.62. The van der Waals surface area contributed by atoms with E-state index in [2.05, 4.69) is 0 Å². The van der Waals surface area contributed by atoms with Gasteiger partial charge in [0.25, 0.3) is 0 Å². The van der Waals surface area contributed by atoms with E-state index in [1.54, 1.807) is 5.43 Å². The van der Waals surface area contributed by atoms with Crippen molar-refractivity contribution in [2.24, 2.45) is 5.73 Å². The molecule has 0 bridgehead atoms. The molecule has 0 spiro atoms. The van der Waals surface area contributed by atoms with Gasteiger partial charge in [0.15, 0.2) is 5.03 Å². The molecule has 0 rings (SSSR count). The molecule has 0 saturated carbocycles. The highest BCUT2D eigenvalue weighted by molar-refractivity contribution is 4.33. The van der Waals surface area contributed by atoms with Crippen molar-refractivity contribution in [3.05, 3.63) is 10.1 Å². The molecule has 0 aromatic rings. The van der Waals surface area contributed by atoms with Crippen LogP contribution in [-0.2, 0) is 0 Å². The van der Waals surface area contributed by atoms with Gasteiger partial charge in [-0.15, -0.1) is 5.43 Å². The van der Waals surface area contributed by atoms with Crippen molar-refractivity contribution < 1.29 is 5.03 Å². The lowest BCUT2D eigenvalue weighted by atomic mass is 10.6. The number of rotatable bonds is 2. The molecule has 0 saturated heterocycles. The lowest BCUT2D eigenvalue weighted by Crippen LogP contribution is -2.38. The lowest BCUT2D eigenvalue weighted by molar-refractivity contribution is -0.550. The van der Waals surface area contributed by atoms with Crippen LogP contribution in [0.4, 0.5) is 0 Å². The number of nitrogens with zero attached hydrogens (tertiary/aromatic N) is 1. The van der Waals surface area contributed by atoms with Crippen molar-refractivity contribution in [1.29, 1.82) is 0 Å². The summed E-state index contributed by atoms with van der Waals surface area (Å²) in [7, 11) is 0. The fourth-order valence-electron chi connectivity index (χ4n) is 0.166. The largest absolute Gasteiger partial charge is 0.307 e. The third kappa shape index (κ3) is 5.16. The summed E-state index contributed by atoms with van der Waals surface area (Å²) in [5, 5.41) is 8.75. The maximum absolute atomic E-state index is 9.42. The standard InChI is InChI=1S/C2H7N3O2/c1-2(3)4-5(6)7/h2,4H,3H2,1H3. The molecule has 42 valence electrons. The van der Waals surface area contributed by atoms with Gasteiger partial charge in [0, 0.05) is 0 Å². The Morgan fingerprint density at radius 3 is 2.43 bits per heavy atom. The molecule has 1 atom stereocenters. The fourth-order valence-corrected chi connectivity index (χ4v) is 0.166. The van der Waals surface area contributed by atoms with Crippen LogP contribution in [0.5, 0.6) is 0 Å². The van der Waals surface area contributed by atoms with E-state index in [1.807, 2.05) is 0 Å². The van der Waals surface area contributed by atoms with Crippen LogP contribution in [0.25, 0.3) is 0 Å². The Balaban J connectivity index is 3.13. The molecule has 0 fully saturated rings.